The van der Waals surface area contributed by atoms with Gasteiger partial charge in [0.2, 0.25) is 29.5 Å². The SMILES string of the molecule is CSCC[C@H](N)C(=O)N[C@@H](Cc1cnc[nH]1)C(=O)N[C@@H](Cc1ccc(O)cc1)C(=O)N[C@@H](C)C(=O)N[C@@H](Cc1cnc[nH]1)C(=O)N[C@@H](Cc1ccc(O)cc1)C(=O)O. The Hall–Kier alpha value is -6.41. The van der Waals surface area contributed by atoms with E-state index >= 15 is 0 Å². The van der Waals surface area contributed by atoms with Crippen LogP contribution in [-0.2, 0) is 54.5 Å². The van der Waals surface area contributed by atoms with Crippen molar-refractivity contribution in [2.24, 2.45) is 5.73 Å². The number of nitrogens with zero attached hydrogens (tertiary/aromatic N) is 2. The van der Waals surface area contributed by atoms with Crippen molar-refractivity contribution in [3.63, 3.8) is 0 Å². The van der Waals surface area contributed by atoms with Crippen molar-refractivity contribution in [2.45, 2.75) is 75.3 Å². The van der Waals surface area contributed by atoms with E-state index < -0.39 is 71.8 Å². The number of amides is 5. The number of phenols is 2. The topological polar surface area (TPSA) is 307 Å². The largest absolute Gasteiger partial charge is 0.508 e. The first kappa shape index (κ1) is 44.3. The van der Waals surface area contributed by atoms with Gasteiger partial charge in [0.05, 0.1) is 18.7 Å². The van der Waals surface area contributed by atoms with E-state index in [9.17, 15) is 44.1 Å². The summed E-state index contributed by atoms with van der Waals surface area (Å²) < 4.78 is 0. The van der Waals surface area contributed by atoms with Gasteiger partial charge in [0.1, 0.15) is 41.7 Å². The summed E-state index contributed by atoms with van der Waals surface area (Å²) in [6.07, 6.45) is 7.58. The van der Waals surface area contributed by atoms with Crippen LogP contribution in [0.1, 0.15) is 35.9 Å². The zero-order valence-electron chi connectivity index (χ0n) is 31.8. The van der Waals surface area contributed by atoms with Gasteiger partial charge in [-0.05, 0) is 60.7 Å². The molecule has 6 atom stereocenters. The summed E-state index contributed by atoms with van der Waals surface area (Å²) in [7, 11) is 0. The molecule has 2 aromatic heterocycles. The van der Waals surface area contributed by atoms with E-state index in [0.717, 1.165) is 0 Å². The van der Waals surface area contributed by atoms with E-state index in [1.807, 2.05) is 6.26 Å². The van der Waals surface area contributed by atoms with Crippen LogP contribution in [0.25, 0.3) is 0 Å². The number of carbonyl (C=O) groups excluding carboxylic acids is 5. The van der Waals surface area contributed by atoms with Gasteiger partial charge in [0, 0.05) is 49.5 Å². The average Bonchev–Trinajstić information content (AvgIpc) is 3.92. The summed E-state index contributed by atoms with van der Waals surface area (Å²) in [6.45, 7) is 1.36. The number of H-pyrrole nitrogens is 2. The molecule has 12 N–H and O–H groups in total. The molecule has 0 spiro atoms. The second-order valence-corrected chi connectivity index (χ2v) is 14.5. The number of aromatic amines is 2. The molecule has 4 rings (SSSR count). The van der Waals surface area contributed by atoms with E-state index in [1.165, 1.54) is 80.1 Å². The number of hydrogen-bond acceptors (Lipinski definition) is 12. The van der Waals surface area contributed by atoms with Crippen LogP contribution in [0.2, 0.25) is 0 Å². The maximum absolute atomic E-state index is 13.9. The minimum atomic E-state index is -1.40. The molecular formula is C38H48N10O9S. The second kappa shape index (κ2) is 21.8. The Kier molecular flexibility index (Phi) is 16.6. The molecular weight excluding hydrogens is 773 g/mol. The van der Waals surface area contributed by atoms with Crippen LogP contribution in [0.3, 0.4) is 0 Å². The normalized spacial score (nSPS) is 14.1. The van der Waals surface area contributed by atoms with E-state index in [4.69, 9.17) is 5.73 Å². The lowest BCUT2D eigenvalue weighted by molar-refractivity contribution is -0.142. The molecule has 0 fully saturated rings. The highest BCUT2D eigenvalue weighted by atomic mass is 32.2. The molecule has 0 radical (unpaired) electrons. The van der Waals surface area contributed by atoms with Crippen molar-refractivity contribution >= 4 is 47.3 Å². The van der Waals surface area contributed by atoms with Crippen LogP contribution < -0.4 is 32.3 Å². The molecule has 58 heavy (non-hydrogen) atoms. The number of aliphatic carboxylic acids is 1. The van der Waals surface area contributed by atoms with Crippen LogP contribution in [0.15, 0.2) is 73.6 Å². The zero-order valence-corrected chi connectivity index (χ0v) is 32.6. The number of carboxylic acids is 1. The highest BCUT2D eigenvalue weighted by molar-refractivity contribution is 7.98. The molecule has 0 saturated heterocycles. The molecule has 0 saturated carbocycles. The molecule has 0 unspecified atom stereocenters. The number of aromatic nitrogens is 4. The highest BCUT2D eigenvalue weighted by Crippen LogP contribution is 2.14. The highest BCUT2D eigenvalue weighted by Gasteiger charge is 2.32. The fourth-order valence-electron chi connectivity index (χ4n) is 5.67. The molecule has 0 bridgehead atoms. The smallest absolute Gasteiger partial charge is 0.326 e. The van der Waals surface area contributed by atoms with Gasteiger partial charge in [-0.2, -0.15) is 11.8 Å². The Morgan fingerprint density at radius 1 is 0.638 bits per heavy atom. The maximum Gasteiger partial charge on any atom is 0.326 e. The molecule has 2 heterocycles. The number of carboxylic acid groups (broad SMARTS) is 1. The van der Waals surface area contributed by atoms with Gasteiger partial charge >= 0.3 is 5.97 Å². The lowest BCUT2D eigenvalue weighted by atomic mass is 10.0. The molecule has 20 heteroatoms. The lowest BCUT2D eigenvalue weighted by Gasteiger charge is -2.26. The minimum absolute atomic E-state index is 0.0158. The third-order valence-corrected chi connectivity index (χ3v) is 9.59. The number of thioether (sulfide) groups is 1. The quantitative estimate of drug-likeness (QED) is 0.0474. The number of nitrogens with one attached hydrogen (secondary N) is 7. The number of phenolic OH excluding ortho intramolecular Hbond substituents is 2. The Balaban J connectivity index is 1.50. The molecule has 4 aromatic rings. The first-order valence-electron chi connectivity index (χ1n) is 18.2. The van der Waals surface area contributed by atoms with Gasteiger partial charge in [-0.25, -0.2) is 14.8 Å². The molecule has 0 aliphatic rings. The Morgan fingerprint density at radius 3 is 1.50 bits per heavy atom. The monoisotopic (exact) mass is 820 g/mol. The third kappa shape index (κ3) is 14.0. The van der Waals surface area contributed by atoms with Gasteiger partial charge < -0.3 is 57.6 Å². The first-order chi connectivity index (χ1) is 27.7. The number of imidazole rings is 2. The van der Waals surface area contributed by atoms with Crippen molar-refractivity contribution in [3.05, 3.63) is 96.1 Å². The van der Waals surface area contributed by atoms with E-state index in [1.54, 1.807) is 12.1 Å². The van der Waals surface area contributed by atoms with Crippen molar-refractivity contribution in [1.29, 1.82) is 0 Å². The van der Waals surface area contributed by atoms with Gasteiger partial charge in [-0.1, -0.05) is 24.3 Å². The number of nitrogens with two attached hydrogens (primary N) is 1. The Morgan fingerprint density at radius 2 is 1.05 bits per heavy atom. The van der Waals surface area contributed by atoms with Crippen LogP contribution in [0, 0.1) is 0 Å². The van der Waals surface area contributed by atoms with E-state index in [2.05, 4.69) is 46.5 Å². The molecule has 5 amide bonds. The number of aromatic hydroxyl groups is 2. The molecule has 0 aliphatic carbocycles. The fraction of sp³-hybridized carbons (Fsp3) is 0.368. The lowest BCUT2D eigenvalue weighted by Crippen LogP contribution is -2.59. The van der Waals surface area contributed by atoms with Crippen molar-refractivity contribution < 1.29 is 44.1 Å². The number of benzene rings is 2. The summed E-state index contributed by atoms with van der Waals surface area (Å²) in [6, 6.07) is 4.33. The summed E-state index contributed by atoms with van der Waals surface area (Å²) in [5.74, 6) is -4.48. The Bertz CT molecular complexity index is 1960. The summed E-state index contributed by atoms with van der Waals surface area (Å²) in [5, 5.41) is 42.3. The molecule has 19 nitrogen and oxygen atoms in total. The van der Waals surface area contributed by atoms with Gasteiger partial charge in [0.15, 0.2) is 0 Å². The minimum Gasteiger partial charge on any atom is -0.508 e. The number of carbonyl (C=O) groups is 6. The first-order valence-corrected chi connectivity index (χ1v) is 19.6. The molecule has 2 aromatic carbocycles. The summed E-state index contributed by atoms with van der Waals surface area (Å²) >= 11 is 1.51. The number of hydrogen-bond donors (Lipinski definition) is 11. The fourth-order valence-corrected chi connectivity index (χ4v) is 6.16. The summed E-state index contributed by atoms with van der Waals surface area (Å²) in [4.78, 5) is 93.7. The summed E-state index contributed by atoms with van der Waals surface area (Å²) in [5.41, 5.74) is 8.10. The second-order valence-electron chi connectivity index (χ2n) is 13.5. The maximum atomic E-state index is 13.9. The molecule has 310 valence electrons. The van der Waals surface area contributed by atoms with Crippen LogP contribution in [-0.4, -0.2) is 119 Å². The predicted molar refractivity (Wildman–Crippen MR) is 212 cm³/mol. The van der Waals surface area contributed by atoms with Gasteiger partial charge in [-0.15, -0.1) is 0 Å². The van der Waals surface area contributed by atoms with Gasteiger partial charge in [-0.3, -0.25) is 24.0 Å². The van der Waals surface area contributed by atoms with Crippen molar-refractivity contribution in [2.75, 3.05) is 12.0 Å². The van der Waals surface area contributed by atoms with Crippen LogP contribution >= 0.6 is 11.8 Å². The predicted octanol–water partition coefficient (Wildman–Crippen LogP) is -0.576. The number of rotatable bonds is 22. The van der Waals surface area contributed by atoms with E-state index in [-0.39, 0.29) is 37.2 Å². The Labute approximate surface area is 337 Å². The van der Waals surface area contributed by atoms with Crippen molar-refractivity contribution in [1.82, 2.24) is 46.5 Å². The van der Waals surface area contributed by atoms with Crippen molar-refractivity contribution in [3.8, 4) is 11.5 Å². The third-order valence-electron chi connectivity index (χ3n) is 8.95. The standard InChI is InChI=1S/C38H48N10O9S/c1-21(33(51)45-30(15-24-17-40-19-42-24)37(55)48-32(38(56)57)14-23-5-9-27(50)10-6-23)44-35(53)29(13-22-3-7-26(49)8-4-22)47-36(54)31(16-25-18-41-20-43-25)46-34(52)28(39)11-12-58-2/h3-10,17-21,28-32,49-50H,11-16,39H2,1-2H3,(H,40,42)(H,41,43)(H,44,53)(H,45,51)(H,46,52)(H,47,54)(H,48,55)(H,56,57)/t21-,28-,29-,30-,31-,32-/m0/s1. The molecule has 0 aliphatic heterocycles. The van der Waals surface area contributed by atoms with Crippen LogP contribution in [0.5, 0.6) is 11.5 Å². The average molecular weight is 821 g/mol. The van der Waals surface area contributed by atoms with E-state index in [0.29, 0.717) is 34.7 Å². The zero-order chi connectivity index (χ0) is 42.2. The van der Waals surface area contributed by atoms with Crippen LogP contribution in [0.4, 0.5) is 0 Å². The van der Waals surface area contributed by atoms with Gasteiger partial charge in [0.25, 0.3) is 0 Å².